The number of nitrogens with zero attached hydrogens (tertiary/aromatic N) is 4. The number of fused-ring (bicyclic) bond motifs is 1. The van der Waals surface area contributed by atoms with Crippen LogP contribution in [0.3, 0.4) is 0 Å². The number of nitrogens with two attached hydrogens (primary N) is 1. The fourth-order valence-corrected chi connectivity index (χ4v) is 2.98. The first-order valence-electron chi connectivity index (χ1n) is 8.62. The number of allylic oxidation sites excluding steroid dienone is 1. The molecule has 0 radical (unpaired) electrons. The molecular formula is C19H29N5. The van der Waals surface area contributed by atoms with Crippen molar-refractivity contribution in [2.45, 2.75) is 46.0 Å². The molecule has 2 aromatic rings. The highest BCUT2D eigenvalue weighted by molar-refractivity contribution is 6.00. The molecule has 1 fully saturated rings. The molecular weight excluding hydrogens is 298 g/mol. The summed E-state index contributed by atoms with van der Waals surface area (Å²) in [6.45, 7) is 6.62. The molecule has 1 aromatic heterocycles. The summed E-state index contributed by atoms with van der Waals surface area (Å²) in [4.78, 5) is 4.20. The van der Waals surface area contributed by atoms with E-state index in [1.165, 1.54) is 23.3 Å². The second-order valence-corrected chi connectivity index (χ2v) is 6.83. The number of aliphatic imine (C=N–C) groups is 1. The van der Waals surface area contributed by atoms with Crippen LogP contribution in [0.4, 0.5) is 0 Å². The second kappa shape index (κ2) is 8.08. The standard InChI is InChI=1S/C10H13N3.C9H16N2/c1-7(2)8-4-5-10-9(6-8)11-12-13(10)3;1-7-3-4-9(11-2)8(5-7)6-10/h4-7H,1-3H3;6-7H,3-5,10H2,1-2H3/b;8-6-,11-9?. The highest BCUT2D eigenvalue weighted by Crippen LogP contribution is 2.25. The van der Waals surface area contributed by atoms with Gasteiger partial charge in [0, 0.05) is 19.8 Å². The Bertz CT molecular complexity index is 739. The Kier molecular flexibility index (Phi) is 6.12. The van der Waals surface area contributed by atoms with Gasteiger partial charge in [0.15, 0.2) is 0 Å². The summed E-state index contributed by atoms with van der Waals surface area (Å²) < 4.78 is 1.79. The third-order valence-electron chi connectivity index (χ3n) is 4.59. The Morgan fingerprint density at radius 1 is 1.38 bits per heavy atom. The zero-order chi connectivity index (χ0) is 17.7. The van der Waals surface area contributed by atoms with E-state index in [2.05, 4.69) is 54.3 Å². The number of hydrogen-bond donors (Lipinski definition) is 1. The lowest BCUT2D eigenvalue weighted by Gasteiger charge is -2.21. The first-order valence-corrected chi connectivity index (χ1v) is 8.62. The van der Waals surface area contributed by atoms with Crippen LogP contribution in [-0.2, 0) is 7.05 Å². The highest BCUT2D eigenvalue weighted by atomic mass is 15.4. The third kappa shape index (κ3) is 4.22. The molecule has 2 N–H and O–H groups in total. The monoisotopic (exact) mass is 327 g/mol. The Hall–Kier alpha value is -2.17. The van der Waals surface area contributed by atoms with E-state index in [1.807, 2.05) is 14.1 Å². The van der Waals surface area contributed by atoms with E-state index >= 15 is 0 Å². The van der Waals surface area contributed by atoms with Crippen molar-refractivity contribution < 1.29 is 0 Å². The van der Waals surface area contributed by atoms with Gasteiger partial charge in [0.1, 0.15) is 5.52 Å². The fourth-order valence-electron chi connectivity index (χ4n) is 2.98. The molecule has 1 heterocycles. The van der Waals surface area contributed by atoms with Gasteiger partial charge in [-0.2, -0.15) is 0 Å². The van der Waals surface area contributed by atoms with Gasteiger partial charge in [-0.1, -0.05) is 32.1 Å². The van der Waals surface area contributed by atoms with E-state index < -0.39 is 0 Å². The van der Waals surface area contributed by atoms with Crippen LogP contribution in [0.5, 0.6) is 0 Å². The summed E-state index contributed by atoms with van der Waals surface area (Å²) in [7, 11) is 3.75. The van der Waals surface area contributed by atoms with Crippen LogP contribution in [0, 0.1) is 5.92 Å². The number of benzene rings is 1. The Labute approximate surface area is 144 Å². The summed E-state index contributed by atoms with van der Waals surface area (Å²) in [5, 5.41) is 8.04. The molecule has 1 aliphatic carbocycles. The van der Waals surface area contributed by atoms with E-state index in [-0.39, 0.29) is 0 Å². The van der Waals surface area contributed by atoms with Crippen molar-refractivity contribution in [2.75, 3.05) is 7.05 Å². The van der Waals surface area contributed by atoms with Gasteiger partial charge in [0.2, 0.25) is 0 Å². The normalized spacial score (nSPS) is 21.3. The van der Waals surface area contributed by atoms with Crippen molar-refractivity contribution in [2.24, 2.45) is 23.7 Å². The molecule has 0 saturated heterocycles. The average Bonchev–Trinajstić information content (AvgIpc) is 2.96. The SMILES string of the molecule is CC(C)c1ccc2c(c1)nnn2C.CN=C1CCC(C)C/C1=C/N. The first-order chi connectivity index (χ1) is 11.5. The molecule has 1 aliphatic rings. The molecule has 5 heteroatoms. The lowest BCUT2D eigenvalue weighted by atomic mass is 9.86. The maximum Gasteiger partial charge on any atom is 0.113 e. The zero-order valence-corrected chi connectivity index (χ0v) is 15.5. The van der Waals surface area contributed by atoms with Gasteiger partial charge in [-0.05, 0) is 60.6 Å². The maximum atomic E-state index is 5.49. The minimum Gasteiger partial charge on any atom is -0.404 e. The first kappa shape index (κ1) is 18.2. The average molecular weight is 327 g/mol. The van der Waals surface area contributed by atoms with Crippen molar-refractivity contribution in [3.8, 4) is 0 Å². The number of rotatable bonds is 1. The third-order valence-corrected chi connectivity index (χ3v) is 4.59. The van der Waals surface area contributed by atoms with Gasteiger partial charge in [-0.15, -0.1) is 5.10 Å². The van der Waals surface area contributed by atoms with E-state index in [4.69, 9.17) is 5.73 Å². The summed E-state index contributed by atoms with van der Waals surface area (Å²) in [5.74, 6) is 1.32. The van der Waals surface area contributed by atoms with Crippen molar-refractivity contribution in [3.63, 3.8) is 0 Å². The Morgan fingerprint density at radius 2 is 2.12 bits per heavy atom. The zero-order valence-electron chi connectivity index (χ0n) is 15.5. The number of aromatic nitrogens is 3. The molecule has 130 valence electrons. The summed E-state index contributed by atoms with van der Waals surface area (Å²) in [6, 6.07) is 6.31. The fraction of sp³-hybridized carbons (Fsp3) is 0.526. The van der Waals surface area contributed by atoms with Crippen LogP contribution in [0.25, 0.3) is 11.0 Å². The Morgan fingerprint density at radius 3 is 2.75 bits per heavy atom. The highest BCUT2D eigenvalue weighted by Gasteiger charge is 2.17. The van der Waals surface area contributed by atoms with Crippen molar-refractivity contribution in [3.05, 3.63) is 35.5 Å². The van der Waals surface area contributed by atoms with Crippen LogP contribution in [0.2, 0.25) is 0 Å². The topological polar surface area (TPSA) is 69.1 Å². The molecule has 0 bridgehead atoms. The van der Waals surface area contributed by atoms with Crippen molar-refractivity contribution >= 4 is 16.7 Å². The predicted octanol–water partition coefficient (Wildman–Crippen LogP) is 3.81. The molecule has 0 aliphatic heterocycles. The molecule has 0 spiro atoms. The van der Waals surface area contributed by atoms with Crippen LogP contribution in [0.1, 0.15) is 51.5 Å². The molecule has 1 unspecified atom stereocenters. The molecule has 0 amide bonds. The van der Waals surface area contributed by atoms with Crippen LogP contribution in [-0.4, -0.2) is 27.8 Å². The second-order valence-electron chi connectivity index (χ2n) is 6.83. The van der Waals surface area contributed by atoms with E-state index in [0.717, 1.165) is 29.8 Å². The minimum atomic E-state index is 0.548. The summed E-state index contributed by atoms with van der Waals surface area (Å²) >= 11 is 0. The predicted molar refractivity (Wildman–Crippen MR) is 101 cm³/mol. The van der Waals surface area contributed by atoms with Crippen LogP contribution < -0.4 is 5.73 Å². The minimum absolute atomic E-state index is 0.548. The van der Waals surface area contributed by atoms with Crippen molar-refractivity contribution in [1.82, 2.24) is 15.0 Å². The van der Waals surface area contributed by atoms with Gasteiger partial charge in [0.05, 0.1) is 5.52 Å². The van der Waals surface area contributed by atoms with Crippen LogP contribution in [0.15, 0.2) is 35.0 Å². The lowest BCUT2D eigenvalue weighted by molar-refractivity contribution is 0.526. The van der Waals surface area contributed by atoms with Gasteiger partial charge >= 0.3 is 0 Å². The van der Waals surface area contributed by atoms with E-state index in [9.17, 15) is 0 Å². The van der Waals surface area contributed by atoms with E-state index in [1.54, 1.807) is 10.9 Å². The molecule has 1 aromatic carbocycles. The summed E-state index contributed by atoms with van der Waals surface area (Å²) in [5.41, 5.74) is 11.3. The maximum absolute atomic E-state index is 5.49. The van der Waals surface area contributed by atoms with Gasteiger partial charge in [0.25, 0.3) is 0 Å². The largest absolute Gasteiger partial charge is 0.404 e. The lowest BCUT2D eigenvalue weighted by Crippen LogP contribution is -2.16. The number of hydrogen-bond acceptors (Lipinski definition) is 4. The molecule has 24 heavy (non-hydrogen) atoms. The molecule has 3 rings (SSSR count). The molecule has 1 saturated carbocycles. The van der Waals surface area contributed by atoms with Crippen molar-refractivity contribution in [1.29, 1.82) is 0 Å². The number of aryl methyl sites for hydroxylation is 1. The molecule has 5 nitrogen and oxygen atoms in total. The smallest absolute Gasteiger partial charge is 0.113 e. The van der Waals surface area contributed by atoms with Gasteiger partial charge in [-0.25, -0.2) is 4.68 Å². The quantitative estimate of drug-likeness (QED) is 0.866. The van der Waals surface area contributed by atoms with Gasteiger partial charge in [-0.3, -0.25) is 4.99 Å². The van der Waals surface area contributed by atoms with Crippen LogP contribution >= 0.6 is 0 Å². The summed E-state index contributed by atoms with van der Waals surface area (Å²) in [6.07, 6.45) is 5.16. The van der Waals surface area contributed by atoms with E-state index in [0.29, 0.717) is 5.92 Å². The molecule has 1 atom stereocenters. The Balaban J connectivity index is 0.000000177. The van der Waals surface area contributed by atoms with Gasteiger partial charge < -0.3 is 5.73 Å².